The summed E-state index contributed by atoms with van der Waals surface area (Å²) in [6, 6.07) is 8.99. The highest BCUT2D eigenvalue weighted by Crippen LogP contribution is 2.26. The van der Waals surface area contributed by atoms with Crippen LogP contribution >= 0.6 is 0 Å². The van der Waals surface area contributed by atoms with Gasteiger partial charge in [-0.05, 0) is 56.5 Å². The number of ether oxygens (including phenoxy) is 1. The van der Waals surface area contributed by atoms with Crippen LogP contribution < -0.4 is 20.7 Å². The van der Waals surface area contributed by atoms with Crippen molar-refractivity contribution < 1.29 is 9.53 Å². The second-order valence-corrected chi connectivity index (χ2v) is 8.56. The first kappa shape index (κ1) is 23.4. The Kier molecular flexibility index (Phi) is 9.46. The molecule has 1 aromatic rings. The monoisotopic (exact) mass is 429 g/mol. The molecule has 1 saturated carbocycles. The lowest BCUT2D eigenvalue weighted by Gasteiger charge is -2.29. The van der Waals surface area contributed by atoms with Crippen LogP contribution in [0.5, 0.6) is 5.75 Å². The van der Waals surface area contributed by atoms with Crippen LogP contribution in [0.2, 0.25) is 0 Å². The van der Waals surface area contributed by atoms with Gasteiger partial charge in [0.05, 0.1) is 13.2 Å². The van der Waals surface area contributed by atoms with Crippen molar-refractivity contribution in [1.29, 1.82) is 0 Å². The van der Waals surface area contributed by atoms with E-state index in [9.17, 15) is 4.79 Å². The quantitative estimate of drug-likeness (QED) is 0.416. The third-order valence-corrected chi connectivity index (χ3v) is 6.38. The highest BCUT2D eigenvalue weighted by molar-refractivity contribution is 5.81. The summed E-state index contributed by atoms with van der Waals surface area (Å²) in [7, 11) is 3.47. The van der Waals surface area contributed by atoms with Crippen LogP contribution in [0.25, 0.3) is 0 Å². The number of nitrogens with one attached hydrogen (secondary N) is 3. The van der Waals surface area contributed by atoms with Gasteiger partial charge in [-0.1, -0.05) is 31.4 Å². The molecule has 31 heavy (non-hydrogen) atoms. The van der Waals surface area contributed by atoms with Crippen molar-refractivity contribution in [2.24, 2.45) is 4.99 Å². The van der Waals surface area contributed by atoms with Crippen molar-refractivity contribution in [3.8, 4) is 5.75 Å². The first-order chi connectivity index (χ1) is 15.2. The molecule has 0 bridgehead atoms. The summed E-state index contributed by atoms with van der Waals surface area (Å²) >= 11 is 0. The molecule has 1 aliphatic carbocycles. The molecule has 1 aliphatic heterocycles. The van der Waals surface area contributed by atoms with Gasteiger partial charge in [0.1, 0.15) is 5.75 Å². The topological polar surface area (TPSA) is 78.0 Å². The number of aliphatic imine (C=N–C) groups is 1. The number of carbonyl (C=O) groups is 1. The molecule has 0 spiro atoms. The zero-order valence-electron chi connectivity index (χ0n) is 19.2. The van der Waals surface area contributed by atoms with Crippen LogP contribution in [0, 0.1) is 0 Å². The van der Waals surface area contributed by atoms with Gasteiger partial charge in [-0.25, -0.2) is 0 Å². The molecule has 1 heterocycles. The lowest BCUT2D eigenvalue weighted by molar-refractivity contribution is -0.121. The lowest BCUT2D eigenvalue weighted by Crippen LogP contribution is -2.44. The Morgan fingerprint density at radius 2 is 1.81 bits per heavy atom. The summed E-state index contributed by atoms with van der Waals surface area (Å²) in [6.45, 7) is 3.58. The third-order valence-electron chi connectivity index (χ3n) is 6.38. The van der Waals surface area contributed by atoms with Gasteiger partial charge in [-0.3, -0.25) is 14.7 Å². The van der Waals surface area contributed by atoms with Crippen molar-refractivity contribution in [2.45, 2.75) is 63.5 Å². The third kappa shape index (κ3) is 7.42. The van der Waals surface area contributed by atoms with E-state index in [4.69, 9.17) is 4.74 Å². The molecule has 1 aromatic carbocycles. The maximum Gasteiger partial charge on any atom is 0.221 e. The fourth-order valence-corrected chi connectivity index (χ4v) is 4.59. The second-order valence-electron chi connectivity index (χ2n) is 8.56. The molecule has 0 aromatic heterocycles. The second kappa shape index (κ2) is 12.5. The molecule has 1 amide bonds. The Hall–Kier alpha value is -2.28. The van der Waals surface area contributed by atoms with E-state index in [0.29, 0.717) is 19.0 Å². The van der Waals surface area contributed by atoms with Gasteiger partial charge in [0.25, 0.3) is 0 Å². The number of rotatable bonds is 9. The van der Waals surface area contributed by atoms with Crippen LogP contribution in [0.15, 0.2) is 29.3 Å². The Balaban J connectivity index is 1.46. The van der Waals surface area contributed by atoms with Crippen LogP contribution in [-0.4, -0.2) is 63.1 Å². The summed E-state index contributed by atoms with van der Waals surface area (Å²) in [5.41, 5.74) is 1.28. The Bertz CT molecular complexity index is 694. The number of likely N-dealkylation sites (tertiary alicyclic amines) is 1. The van der Waals surface area contributed by atoms with Crippen molar-refractivity contribution in [2.75, 3.05) is 40.3 Å². The summed E-state index contributed by atoms with van der Waals surface area (Å²) in [4.78, 5) is 19.1. The normalized spacial score (nSPS) is 19.1. The van der Waals surface area contributed by atoms with Gasteiger partial charge in [-0.15, -0.1) is 0 Å². The maximum absolute atomic E-state index is 12.2. The SMILES string of the molecule is CN=C(NCCC(=O)NC1CCCCC1)NCC(c1ccc(OC)cc1)N1CCCC1. The van der Waals surface area contributed by atoms with Crippen LogP contribution in [-0.2, 0) is 4.79 Å². The van der Waals surface area contributed by atoms with E-state index in [1.54, 1.807) is 14.2 Å². The minimum absolute atomic E-state index is 0.128. The van der Waals surface area contributed by atoms with Crippen LogP contribution in [0.3, 0.4) is 0 Å². The van der Waals surface area contributed by atoms with Gasteiger partial charge in [-0.2, -0.15) is 0 Å². The molecule has 1 atom stereocenters. The molecule has 1 unspecified atom stereocenters. The number of carbonyl (C=O) groups excluding carboxylic acids is 1. The van der Waals surface area contributed by atoms with Crippen molar-refractivity contribution in [3.63, 3.8) is 0 Å². The Morgan fingerprint density at radius 3 is 2.45 bits per heavy atom. The van der Waals surface area contributed by atoms with E-state index in [-0.39, 0.29) is 11.9 Å². The van der Waals surface area contributed by atoms with Crippen molar-refractivity contribution >= 4 is 11.9 Å². The fraction of sp³-hybridized carbons (Fsp3) is 0.667. The average molecular weight is 430 g/mol. The summed E-state index contributed by atoms with van der Waals surface area (Å²) in [5.74, 6) is 1.74. The van der Waals surface area contributed by atoms with E-state index >= 15 is 0 Å². The van der Waals surface area contributed by atoms with E-state index in [1.807, 2.05) is 12.1 Å². The fourth-order valence-electron chi connectivity index (χ4n) is 4.59. The van der Waals surface area contributed by atoms with Gasteiger partial charge >= 0.3 is 0 Å². The molecule has 7 heteroatoms. The van der Waals surface area contributed by atoms with Gasteiger partial charge < -0.3 is 20.7 Å². The summed E-state index contributed by atoms with van der Waals surface area (Å²) in [6.07, 6.45) is 8.94. The molecule has 7 nitrogen and oxygen atoms in total. The minimum atomic E-state index is 0.128. The predicted molar refractivity (Wildman–Crippen MR) is 126 cm³/mol. The Morgan fingerprint density at radius 1 is 1.10 bits per heavy atom. The molecular weight excluding hydrogens is 390 g/mol. The highest BCUT2D eigenvalue weighted by Gasteiger charge is 2.24. The van der Waals surface area contributed by atoms with Crippen molar-refractivity contribution in [3.05, 3.63) is 29.8 Å². The zero-order valence-corrected chi connectivity index (χ0v) is 19.2. The van der Waals surface area contributed by atoms with Crippen LogP contribution in [0.4, 0.5) is 0 Å². The average Bonchev–Trinajstić information content (AvgIpc) is 3.33. The Labute approximate surface area is 187 Å². The molecule has 172 valence electrons. The number of nitrogens with zero attached hydrogens (tertiary/aromatic N) is 2. The molecule has 2 aliphatic rings. The number of benzene rings is 1. The maximum atomic E-state index is 12.2. The first-order valence-electron chi connectivity index (χ1n) is 11.8. The van der Waals surface area contributed by atoms with E-state index < -0.39 is 0 Å². The zero-order chi connectivity index (χ0) is 21.9. The highest BCUT2D eigenvalue weighted by atomic mass is 16.5. The molecule has 3 N–H and O–H groups in total. The molecular formula is C24H39N5O2. The smallest absolute Gasteiger partial charge is 0.221 e. The van der Waals surface area contributed by atoms with Crippen molar-refractivity contribution in [1.82, 2.24) is 20.9 Å². The molecule has 2 fully saturated rings. The van der Waals surface area contributed by atoms with Gasteiger partial charge in [0.2, 0.25) is 5.91 Å². The molecule has 0 radical (unpaired) electrons. The number of amides is 1. The number of guanidine groups is 1. The first-order valence-corrected chi connectivity index (χ1v) is 11.8. The van der Waals surface area contributed by atoms with E-state index in [0.717, 1.165) is 44.2 Å². The minimum Gasteiger partial charge on any atom is -0.497 e. The largest absolute Gasteiger partial charge is 0.497 e. The van der Waals surface area contributed by atoms with E-state index in [2.05, 4.69) is 38.0 Å². The van der Waals surface area contributed by atoms with Crippen LogP contribution in [0.1, 0.15) is 63.0 Å². The molecule has 1 saturated heterocycles. The number of hydrogen-bond acceptors (Lipinski definition) is 4. The van der Waals surface area contributed by atoms with E-state index in [1.165, 1.54) is 37.7 Å². The molecule has 3 rings (SSSR count). The lowest BCUT2D eigenvalue weighted by atomic mass is 9.95. The number of hydrogen-bond donors (Lipinski definition) is 3. The number of methoxy groups -OCH3 is 1. The van der Waals surface area contributed by atoms with Gasteiger partial charge in [0, 0.05) is 32.6 Å². The predicted octanol–water partition coefficient (Wildman–Crippen LogP) is 2.84. The summed E-state index contributed by atoms with van der Waals surface area (Å²) in [5, 5.41) is 9.93. The standard InChI is InChI=1S/C24H39N5O2/c1-25-24(26-15-14-23(30)28-20-8-4-3-5-9-20)27-18-22(29-16-6-7-17-29)19-10-12-21(31-2)13-11-19/h10-13,20,22H,3-9,14-18H2,1-2H3,(H,28,30)(H2,25,26,27). The summed E-state index contributed by atoms with van der Waals surface area (Å²) < 4.78 is 5.31. The van der Waals surface area contributed by atoms with Gasteiger partial charge in [0.15, 0.2) is 5.96 Å².